The van der Waals surface area contributed by atoms with Crippen molar-refractivity contribution in [2.45, 2.75) is 38.2 Å². The van der Waals surface area contributed by atoms with Crippen molar-refractivity contribution in [3.63, 3.8) is 0 Å². The molecule has 0 bridgehead atoms. The Morgan fingerprint density at radius 3 is 2.83 bits per heavy atom. The van der Waals surface area contributed by atoms with E-state index in [-0.39, 0.29) is 17.9 Å². The van der Waals surface area contributed by atoms with E-state index < -0.39 is 0 Å². The fourth-order valence-corrected chi connectivity index (χ4v) is 2.47. The highest BCUT2D eigenvalue weighted by atomic mass is 16.3. The number of aliphatic hydroxyl groups excluding tert-OH is 1. The number of hydrogen-bond acceptors (Lipinski definition) is 2. The molecule has 0 aliphatic carbocycles. The molecule has 1 aromatic rings. The van der Waals surface area contributed by atoms with E-state index in [2.05, 4.69) is 19.1 Å². The molecule has 3 heteroatoms. The summed E-state index contributed by atoms with van der Waals surface area (Å²) in [4.78, 5) is 13.9. The van der Waals surface area contributed by atoms with Crippen molar-refractivity contribution in [1.29, 1.82) is 0 Å². The van der Waals surface area contributed by atoms with E-state index in [0.717, 1.165) is 19.4 Å². The number of β-amino-alcohol motifs (C(OH)–C–C–N with tert-alkyl or cyclic N) is 1. The Labute approximate surface area is 108 Å². The van der Waals surface area contributed by atoms with Crippen LogP contribution in [0.2, 0.25) is 0 Å². The Kier molecular flexibility index (Phi) is 4.37. The van der Waals surface area contributed by atoms with Gasteiger partial charge in [0.05, 0.1) is 6.10 Å². The van der Waals surface area contributed by atoms with Crippen LogP contribution < -0.4 is 0 Å². The molecule has 1 aliphatic heterocycles. The molecular weight excluding hydrogens is 226 g/mol. The lowest BCUT2D eigenvalue weighted by atomic mass is 9.96. The van der Waals surface area contributed by atoms with Crippen LogP contribution >= 0.6 is 0 Å². The largest absolute Gasteiger partial charge is 0.391 e. The van der Waals surface area contributed by atoms with E-state index >= 15 is 0 Å². The molecule has 0 spiro atoms. The molecule has 2 unspecified atom stereocenters. The molecule has 1 N–H and O–H groups in total. The molecule has 0 radical (unpaired) electrons. The molecule has 0 aromatic heterocycles. The van der Waals surface area contributed by atoms with Gasteiger partial charge in [-0.15, -0.1) is 0 Å². The number of piperidine rings is 1. The van der Waals surface area contributed by atoms with Gasteiger partial charge in [-0.3, -0.25) is 4.79 Å². The first kappa shape index (κ1) is 13.1. The van der Waals surface area contributed by atoms with Crippen molar-refractivity contribution >= 4 is 5.91 Å². The second-order valence-electron chi connectivity index (χ2n) is 5.15. The minimum Gasteiger partial charge on any atom is -0.391 e. The topological polar surface area (TPSA) is 40.5 Å². The summed E-state index contributed by atoms with van der Waals surface area (Å²) in [7, 11) is 0. The van der Waals surface area contributed by atoms with Gasteiger partial charge in [0, 0.05) is 19.5 Å². The van der Waals surface area contributed by atoms with Gasteiger partial charge in [0.1, 0.15) is 0 Å². The first-order chi connectivity index (χ1) is 8.66. The van der Waals surface area contributed by atoms with Gasteiger partial charge in [0.15, 0.2) is 0 Å². The van der Waals surface area contributed by atoms with Gasteiger partial charge < -0.3 is 10.0 Å². The molecule has 0 saturated carbocycles. The zero-order valence-electron chi connectivity index (χ0n) is 10.9. The minimum absolute atomic E-state index is 0.158. The number of nitrogens with zero attached hydrogens (tertiary/aromatic N) is 1. The van der Waals surface area contributed by atoms with Crippen LogP contribution in [0, 0.1) is 0 Å². The Morgan fingerprint density at radius 2 is 2.17 bits per heavy atom. The van der Waals surface area contributed by atoms with Crippen LogP contribution in [-0.4, -0.2) is 35.1 Å². The maximum absolute atomic E-state index is 12.1. The minimum atomic E-state index is -0.338. The van der Waals surface area contributed by atoms with Crippen LogP contribution in [0.1, 0.15) is 37.7 Å². The van der Waals surface area contributed by atoms with Gasteiger partial charge in [-0.25, -0.2) is 0 Å². The average Bonchev–Trinajstić information content (AvgIpc) is 2.39. The molecular formula is C15H21NO2. The highest BCUT2D eigenvalue weighted by molar-refractivity contribution is 5.77. The zero-order chi connectivity index (χ0) is 13.0. The summed E-state index contributed by atoms with van der Waals surface area (Å²) in [5.41, 5.74) is 1.20. The van der Waals surface area contributed by atoms with Gasteiger partial charge in [-0.1, -0.05) is 37.3 Å². The normalized spacial score (nSPS) is 21.7. The molecule has 3 nitrogen and oxygen atoms in total. The Bertz CT molecular complexity index is 391. The number of rotatable bonds is 3. The monoisotopic (exact) mass is 247 g/mol. The smallest absolute Gasteiger partial charge is 0.223 e. The van der Waals surface area contributed by atoms with Crippen LogP contribution in [0.3, 0.4) is 0 Å². The molecule has 18 heavy (non-hydrogen) atoms. The maximum Gasteiger partial charge on any atom is 0.223 e. The van der Waals surface area contributed by atoms with E-state index in [1.54, 1.807) is 4.90 Å². The average molecular weight is 247 g/mol. The third-order valence-electron chi connectivity index (χ3n) is 3.60. The van der Waals surface area contributed by atoms with Gasteiger partial charge in [-0.2, -0.15) is 0 Å². The summed E-state index contributed by atoms with van der Waals surface area (Å²) in [5, 5.41) is 9.59. The van der Waals surface area contributed by atoms with E-state index in [1.807, 2.05) is 18.2 Å². The molecule has 2 atom stereocenters. The number of aliphatic hydroxyl groups is 1. The zero-order valence-corrected chi connectivity index (χ0v) is 10.9. The SMILES string of the molecule is CC(CC(=O)N1CCCC(O)C1)c1ccccc1. The fraction of sp³-hybridized carbons (Fsp3) is 0.533. The van der Waals surface area contributed by atoms with Crippen LogP contribution in [0.25, 0.3) is 0 Å². The van der Waals surface area contributed by atoms with E-state index in [0.29, 0.717) is 13.0 Å². The lowest BCUT2D eigenvalue weighted by Crippen LogP contribution is -2.42. The summed E-state index contributed by atoms with van der Waals surface area (Å²) in [6.45, 7) is 3.37. The van der Waals surface area contributed by atoms with E-state index in [9.17, 15) is 9.90 Å². The van der Waals surface area contributed by atoms with Gasteiger partial charge in [0.25, 0.3) is 0 Å². The van der Waals surface area contributed by atoms with Crippen molar-refractivity contribution in [3.8, 4) is 0 Å². The van der Waals surface area contributed by atoms with E-state index in [4.69, 9.17) is 0 Å². The Hall–Kier alpha value is -1.35. The second kappa shape index (κ2) is 6.01. The number of carbonyl (C=O) groups is 1. The third-order valence-corrected chi connectivity index (χ3v) is 3.60. The summed E-state index contributed by atoms with van der Waals surface area (Å²) in [6.07, 6.45) is 1.91. The highest BCUT2D eigenvalue weighted by Gasteiger charge is 2.23. The van der Waals surface area contributed by atoms with Crippen LogP contribution in [0.15, 0.2) is 30.3 Å². The highest BCUT2D eigenvalue weighted by Crippen LogP contribution is 2.21. The maximum atomic E-state index is 12.1. The third kappa shape index (κ3) is 3.33. The quantitative estimate of drug-likeness (QED) is 0.889. The summed E-state index contributed by atoms with van der Waals surface area (Å²) in [5.74, 6) is 0.392. The molecule has 98 valence electrons. The molecule has 1 amide bonds. The molecule has 1 aromatic carbocycles. The van der Waals surface area contributed by atoms with Crippen molar-refractivity contribution in [3.05, 3.63) is 35.9 Å². The van der Waals surface area contributed by atoms with Crippen molar-refractivity contribution in [2.24, 2.45) is 0 Å². The number of hydrogen-bond donors (Lipinski definition) is 1. The fourth-order valence-electron chi connectivity index (χ4n) is 2.47. The number of amides is 1. The van der Waals surface area contributed by atoms with Gasteiger partial charge in [-0.05, 0) is 24.3 Å². The Balaban J connectivity index is 1.91. The predicted molar refractivity (Wildman–Crippen MR) is 71.3 cm³/mol. The number of benzene rings is 1. The molecule has 1 heterocycles. The van der Waals surface area contributed by atoms with Crippen LogP contribution in [0.5, 0.6) is 0 Å². The predicted octanol–water partition coefficient (Wildman–Crippen LogP) is 2.16. The Morgan fingerprint density at radius 1 is 1.44 bits per heavy atom. The molecule has 1 fully saturated rings. The van der Waals surface area contributed by atoms with Crippen LogP contribution in [0.4, 0.5) is 0 Å². The second-order valence-corrected chi connectivity index (χ2v) is 5.15. The first-order valence-electron chi connectivity index (χ1n) is 6.67. The van der Waals surface area contributed by atoms with Crippen molar-refractivity contribution < 1.29 is 9.90 Å². The summed E-state index contributed by atoms with van der Waals surface area (Å²) in [6, 6.07) is 10.1. The van der Waals surface area contributed by atoms with Crippen molar-refractivity contribution in [1.82, 2.24) is 4.90 Å². The summed E-state index contributed by atoms with van der Waals surface area (Å²) < 4.78 is 0. The lowest BCUT2D eigenvalue weighted by Gasteiger charge is -2.31. The van der Waals surface area contributed by atoms with Crippen LogP contribution in [-0.2, 0) is 4.79 Å². The molecule has 2 rings (SSSR count). The number of carbonyl (C=O) groups excluding carboxylic acids is 1. The standard InChI is InChI=1S/C15H21NO2/c1-12(13-6-3-2-4-7-13)10-15(18)16-9-5-8-14(17)11-16/h2-4,6-7,12,14,17H,5,8-11H2,1H3. The summed E-state index contributed by atoms with van der Waals surface area (Å²) >= 11 is 0. The number of likely N-dealkylation sites (tertiary alicyclic amines) is 1. The van der Waals surface area contributed by atoms with Gasteiger partial charge in [0.2, 0.25) is 5.91 Å². The molecule has 1 saturated heterocycles. The van der Waals surface area contributed by atoms with E-state index in [1.165, 1.54) is 5.56 Å². The van der Waals surface area contributed by atoms with Crippen molar-refractivity contribution in [2.75, 3.05) is 13.1 Å². The lowest BCUT2D eigenvalue weighted by molar-refractivity contribution is -0.134. The molecule has 1 aliphatic rings. The van der Waals surface area contributed by atoms with Gasteiger partial charge >= 0.3 is 0 Å². The first-order valence-corrected chi connectivity index (χ1v) is 6.67.